The molecular weight excluding hydrogens is 264 g/mol. The SMILES string of the molecule is CCNC(Cc1ccnc2ccccc12)CC1OCCO1. The molecule has 4 nitrogen and oxygen atoms in total. The third-order valence-electron chi connectivity index (χ3n) is 3.87. The van der Waals surface area contributed by atoms with Crippen molar-refractivity contribution in [3.8, 4) is 0 Å². The lowest BCUT2D eigenvalue weighted by Gasteiger charge is -2.21. The van der Waals surface area contributed by atoms with Crippen molar-refractivity contribution in [2.45, 2.75) is 32.1 Å². The zero-order valence-corrected chi connectivity index (χ0v) is 12.4. The Morgan fingerprint density at radius 2 is 2.05 bits per heavy atom. The van der Waals surface area contributed by atoms with Crippen LogP contribution in [0.15, 0.2) is 36.5 Å². The van der Waals surface area contributed by atoms with E-state index in [0.29, 0.717) is 19.3 Å². The lowest BCUT2D eigenvalue weighted by Crippen LogP contribution is -2.34. The maximum Gasteiger partial charge on any atom is 0.159 e. The summed E-state index contributed by atoms with van der Waals surface area (Å²) in [5.41, 5.74) is 2.38. The van der Waals surface area contributed by atoms with Crippen molar-refractivity contribution in [2.24, 2.45) is 0 Å². The molecule has 0 saturated carbocycles. The molecule has 0 aliphatic carbocycles. The summed E-state index contributed by atoms with van der Waals surface area (Å²) in [4.78, 5) is 4.43. The maximum atomic E-state index is 5.58. The zero-order valence-electron chi connectivity index (χ0n) is 12.4. The predicted octanol–water partition coefficient (Wildman–Crippen LogP) is 2.52. The van der Waals surface area contributed by atoms with Crippen LogP contribution >= 0.6 is 0 Å². The number of ether oxygens (including phenoxy) is 2. The summed E-state index contributed by atoms with van der Waals surface area (Å²) < 4.78 is 11.2. The second-order valence-corrected chi connectivity index (χ2v) is 5.35. The molecular formula is C17H22N2O2. The molecule has 0 bridgehead atoms. The van der Waals surface area contributed by atoms with Crippen LogP contribution in [0, 0.1) is 0 Å². The van der Waals surface area contributed by atoms with Gasteiger partial charge in [-0.05, 0) is 30.7 Å². The number of nitrogens with zero attached hydrogens (tertiary/aromatic N) is 1. The van der Waals surface area contributed by atoms with Crippen molar-refractivity contribution < 1.29 is 9.47 Å². The Kier molecular flexibility index (Phi) is 4.80. The summed E-state index contributed by atoms with van der Waals surface area (Å²) in [6, 6.07) is 10.8. The number of pyridine rings is 1. The first-order valence-corrected chi connectivity index (χ1v) is 7.66. The summed E-state index contributed by atoms with van der Waals surface area (Å²) in [7, 11) is 0. The van der Waals surface area contributed by atoms with Gasteiger partial charge in [-0.25, -0.2) is 0 Å². The molecule has 1 aliphatic heterocycles. The van der Waals surface area contributed by atoms with E-state index in [1.807, 2.05) is 12.3 Å². The van der Waals surface area contributed by atoms with Gasteiger partial charge in [0, 0.05) is 24.0 Å². The molecule has 1 N–H and O–H groups in total. The van der Waals surface area contributed by atoms with E-state index in [-0.39, 0.29) is 6.29 Å². The van der Waals surface area contributed by atoms with E-state index in [0.717, 1.165) is 24.9 Å². The van der Waals surface area contributed by atoms with E-state index in [2.05, 4.69) is 41.5 Å². The van der Waals surface area contributed by atoms with Crippen molar-refractivity contribution in [2.75, 3.05) is 19.8 Å². The number of fused-ring (bicyclic) bond motifs is 1. The van der Waals surface area contributed by atoms with Crippen LogP contribution in [0.5, 0.6) is 0 Å². The van der Waals surface area contributed by atoms with Crippen LogP contribution < -0.4 is 5.32 Å². The highest BCUT2D eigenvalue weighted by molar-refractivity contribution is 5.81. The second kappa shape index (κ2) is 6.98. The number of benzene rings is 1. The van der Waals surface area contributed by atoms with Crippen LogP contribution in [0.25, 0.3) is 10.9 Å². The quantitative estimate of drug-likeness (QED) is 0.886. The van der Waals surface area contributed by atoms with Gasteiger partial charge >= 0.3 is 0 Å². The average molecular weight is 286 g/mol. The molecule has 1 atom stereocenters. The molecule has 4 heteroatoms. The standard InChI is InChI=1S/C17H22N2O2/c1-2-18-14(12-17-20-9-10-21-17)11-13-7-8-19-16-6-4-3-5-15(13)16/h3-8,14,17-18H,2,9-12H2,1H3. The average Bonchev–Trinajstić information content (AvgIpc) is 3.01. The molecule has 3 rings (SSSR count). The van der Waals surface area contributed by atoms with Gasteiger partial charge < -0.3 is 14.8 Å². The summed E-state index contributed by atoms with van der Waals surface area (Å²) in [5, 5.41) is 4.77. The smallest absolute Gasteiger partial charge is 0.159 e. The van der Waals surface area contributed by atoms with Gasteiger partial charge in [0.2, 0.25) is 0 Å². The molecule has 1 fully saturated rings. The van der Waals surface area contributed by atoms with Gasteiger partial charge in [0.15, 0.2) is 6.29 Å². The van der Waals surface area contributed by atoms with Crippen LogP contribution in [0.4, 0.5) is 0 Å². The van der Waals surface area contributed by atoms with Gasteiger partial charge in [0.05, 0.1) is 18.7 Å². The number of likely N-dealkylation sites (N-methyl/N-ethyl adjacent to an activating group) is 1. The first kappa shape index (κ1) is 14.4. The predicted molar refractivity (Wildman–Crippen MR) is 83.2 cm³/mol. The zero-order chi connectivity index (χ0) is 14.5. The highest BCUT2D eigenvalue weighted by Crippen LogP contribution is 2.20. The lowest BCUT2D eigenvalue weighted by molar-refractivity contribution is -0.0525. The van der Waals surface area contributed by atoms with Gasteiger partial charge in [0.25, 0.3) is 0 Å². The molecule has 1 aromatic heterocycles. The van der Waals surface area contributed by atoms with Crippen LogP contribution in [-0.2, 0) is 15.9 Å². The normalized spacial score (nSPS) is 17.4. The first-order valence-electron chi connectivity index (χ1n) is 7.66. The van der Waals surface area contributed by atoms with E-state index >= 15 is 0 Å². The second-order valence-electron chi connectivity index (χ2n) is 5.35. The number of aromatic nitrogens is 1. The topological polar surface area (TPSA) is 43.4 Å². The van der Waals surface area contributed by atoms with Crippen LogP contribution in [0.2, 0.25) is 0 Å². The Labute approximate surface area is 125 Å². The fourth-order valence-corrected chi connectivity index (χ4v) is 2.90. The summed E-state index contributed by atoms with van der Waals surface area (Å²) >= 11 is 0. The lowest BCUT2D eigenvalue weighted by atomic mass is 9.99. The Balaban J connectivity index is 1.76. The van der Waals surface area contributed by atoms with Gasteiger partial charge in [0.1, 0.15) is 0 Å². The molecule has 0 amide bonds. The minimum absolute atomic E-state index is 0.0675. The van der Waals surface area contributed by atoms with E-state index in [1.165, 1.54) is 10.9 Å². The number of hydrogen-bond donors (Lipinski definition) is 1. The molecule has 0 radical (unpaired) electrons. The van der Waals surface area contributed by atoms with Crippen molar-refractivity contribution in [3.05, 3.63) is 42.1 Å². The molecule has 1 aliphatic rings. The van der Waals surface area contributed by atoms with Gasteiger partial charge in [-0.3, -0.25) is 4.98 Å². The van der Waals surface area contributed by atoms with E-state index < -0.39 is 0 Å². The number of para-hydroxylation sites is 1. The monoisotopic (exact) mass is 286 g/mol. The van der Waals surface area contributed by atoms with Crippen molar-refractivity contribution in [1.82, 2.24) is 10.3 Å². The van der Waals surface area contributed by atoms with E-state index in [9.17, 15) is 0 Å². The van der Waals surface area contributed by atoms with E-state index in [1.54, 1.807) is 0 Å². The van der Waals surface area contributed by atoms with Crippen LogP contribution in [0.3, 0.4) is 0 Å². The minimum Gasteiger partial charge on any atom is -0.350 e. The molecule has 2 aromatic rings. The third-order valence-corrected chi connectivity index (χ3v) is 3.87. The van der Waals surface area contributed by atoms with Gasteiger partial charge in [-0.2, -0.15) is 0 Å². The molecule has 1 aromatic carbocycles. The van der Waals surface area contributed by atoms with Crippen LogP contribution in [-0.4, -0.2) is 37.1 Å². The Hall–Kier alpha value is -1.49. The first-order chi connectivity index (χ1) is 10.4. The molecule has 2 heterocycles. The fraction of sp³-hybridized carbons (Fsp3) is 0.471. The third kappa shape index (κ3) is 3.59. The van der Waals surface area contributed by atoms with E-state index in [4.69, 9.17) is 9.47 Å². The highest BCUT2D eigenvalue weighted by Gasteiger charge is 2.21. The van der Waals surface area contributed by atoms with Crippen molar-refractivity contribution >= 4 is 10.9 Å². The molecule has 21 heavy (non-hydrogen) atoms. The van der Waals surface area contributed by atoms with Crippen molar-refractivity contribution in [1.29, 1.82) is 0 Å². The number of hydrogen-bond acceptors (Lipinski definition) is 4. The molecule has 1 saturated heterocycles. The molecule has 112 valence electrons. The Morgan fingerprint density at radius 3 is 2.86 bits per heavy atom. The number of rotatable bonds is 6. The maximum absolute atomic E-state index is 5.58. The number of nitrogens with one attached hydrogen (secondary N) is 1. The summed E-state index contributed by atoms with van der Waals surface area (Å²) in [5.74, 6) is 0. The Bertz CT molecular complexity index is 577. The van der Waals surface area contributed by atoms with Crippen LogP contribution in [0.1, 0.15) is 18.9 Å². The Morgan fingerprint density at radius 1 is 1.24 bits per heavy atom. The highest BCUT2D eigenvalue weighted by atomic mass is 16.7. The largest absolute Gasteiger partial charge is 0.350 e. The van der Waals surface area contributed by atoms with Gasteiger partial charge in [-0.15, -0.1) is 0 Å². The minimum atomic E-state index is -0.0675. The molecule has 1 unspecified atom stereocenters. The van der Waals surface area contributed by atoms with Crippen molar-refractivity contribution in [3.63, 3.8) is 0 Å². The molecule has 0 spiro atoms. The fourth-order valence-electron chi connectivity index (χ4n) is 2.90. The summed E-state index contributed by atoms with van der Waals surface area (Å²) in [6.45, 7) is 4.50. The van der Waals surface area contributed by atoms with Gasteiger partial charge in [-0.1, -0.05) is 25.1 Å². The summed E-state index contributed by atoms with van der Waals surface area (Å²) in [6.07, 6.45) is 3.66.